The molecule has 0 aliphatic carbocycles. The smallest absolute Gasteiger partial charge is 0.338 e. The summed E-state index contributed by atoms with van der Waals surface area (Å²) in [7, 11) is 0. The minimum Gasteiger partial charge on any atom is -0.463 e. The van der Waals surface area contributed by atoms with Crippen molar-refractivity contribution in [3.8, 4) is 11.5 Å². The summed E-state index contributed by atoms with van der Waals surface area (Å²) >= 11 is 1.08. The van der Waals surface area contributed by atoms with Crippen LogP contribution in [0.5, 0.6) is 11.5 Å². The summed E-state index contributed by atoms with van der Waals surface area (Å²) in [5.41, 5.74) is 1.52. The van der Waals surface area contributed by atoms with Crippen molar-refractivity contribution >= 4 is 34.8 Å². The largest absolute Gasteiger partial charge is 0.463 e. The molecule has 0 N–H and O–H groups in total. The molecule has 0 saturated heterocycles. The number of aromatic nitrogens is 1. The van der Waals surface area contributed by atoms with E-state index in [1.807, 2.05) is 60.7 Å². The zero-order valence-electron chi connectivity index (χ0n) is 21.1. The first-order valence-corrected chi connectivity index (χ1v) is 13.2. The van der Waals surface area contributed by atoms with Crippen LogP contribution < -0.4 is 24.4 Å². The van der Waals surface area contributed by atoms with E-state index in [1.165, 1.54) is 22.8 Å². The van der Waals surface area contributed by atoms with Gasteiger partial charge in [-0.1, -0.05) is 72.0 Å². The zero-order chi connectivity index (χ0) is 27.8. The summed E-state index contributed by atoms with van der Waals surface area (Å²) in [4.78, 5) is 43.8. The van der Waals surface area contributed by atoms with Crippen LogP contribution in [0.4, 0.5) is 5.69 Å². The van der Waals surface area contributed by atoms with Gasteiger partial charge >= 0.3 is 5.97 Å². The molecule has 2 aliphatic heterocycles. The van der Waals surface area contributed by atoms with Gasteiger partial charge in [0.25, 0.3) is 11.2 Å². The van der Waals surface area contributed by atoms with Crippen LogP contribution in [-0.4, -0.2) is 28.9 Å². The molecule has 0 saturated carbocycles. The van der Waals surface area contributed by atoms with Crippen molar-refractivity contribution in [3.63, 3.8) is 0 Å². The summed E-state index contributed by atoms with van der Waals surface area (Å²) in [6, 6.07) is 20.3. The minimum absolute atomic E-state index is 0.0475. The van der Waals surface area contributed by atoms with Gasteiger partial charge < -0.3 is 14.2 Å². The van der Waals surface area contributed by atoms with E-state index in [4.69, 9.17) is 19.2 Å². The van der Waals surface area contributed by atoms with Gasteiger partial charge in [-0.2, -0.15) is 0 Å². The summed E-state index contributed by atoms with van der Waals surface area (Å²) in [6.07, 6.45) is 1.45. The highest BCUT2D eigenvalue weighted by atomic mass is 32.1. The number of hydrogen-bond acceptors (Lipinski definition) is 9. The van der Waals surface area contributed by atoms with Crippen LogP contribution in [-0.2, 0) is 9.53 Å². The molecule has 3 heterocycles. The Morgan fingerprint density at radius 3 is 2.48 bits per heavy atom. The molecular formula is C29H21N3O7S. The molecule has 4 aromatic rings. The molecular weight excluding hydrogens is 534 g/mol. The highest BCUT2D eigenvalue weighted by Crippen LogP contribution is 2.38. The van der Waals surface area contributed by atoms with Gasteiger partial charge in [-0.25, -0.2) is 9.79 Å². The lowest BCUT2D eigenvalue weighted by Crippen LogP contribution is -2.40. The monoisotopic (exact) mass is 555 g/mol. The molecule has 0 amide bonds. The van der Waals surface area contributed by atoms with Crippen molar-refractivity contribution in [3.05, 3.63) is 125 Å². The first-order valence-electron chi connectivity index (χ1n) is 12.4. The lowest BCUT2D eigenvalue weighted by Gasteiger charge is -2.25. The normalized spacial score (nSPS) is 15.9. The molecule has 40 heavy (non-hydrogen) atoms. The van der Waals surface area contributed by atoms with Crippen molar-refractivity contribution in [2.24, 2.45) is 4.99 Å². The van der Waals surface area contributed by atoms with Gasteiger partial charge in [0.2, 0.25) is 6.79 Å². The molecule has 0 radical (unpaired) electrons. The zero-order valence-corrected chi connectivity index (χ0v) is 21.9. The van der Waals surface area contributed by atoms with Gasteiger partial charge in [-0.3, -0.25) is 19.5 Å². The van der Waals surface area contributed by atoms with Gasteiger partial charge in [0, 0.05) is 5.56 Å². The number of esters is 1. The van der Waals surface area contributed by atoms with Crippen LogP contribution in [0, 0.1) is 10.1 Å². The van der Waals surface area contributed by atoms with Crippen LogP contribution in [0.1, 0.15) is 29.7 Å². The Kier molecular flexibility index (Phi) is 6.48. The van der Waals surface area contributed by atoms with E-state index >= 15 is 0 Å². The molecule has 1 aromatic heterocycles. The maximum atomic E-state index is 14.0. The average molecular weight is 556 g/mol. The van der Waals surface area contributed by atoms with E-state index in [1.54, 1.807) is 6.92 Å². The van der Waals surface area contributed by atoms with Crippen LogP contribution in [0.15, 0.2) is 88.2 Å². The highest BCUT2D eigenvalue weighted by Gasteiger charge is 2.35. The van der Waals surface area contributed by atoms with Gasteiger partial charge in [-0.15, -0.1) is 0 Å². The van der Waals surface area contributed by atoms with Crippen LogP contribution in [0.3, 0.4) is 0 Å². The SMILES string of the molecule is CCOC(=O)C1=C(c2ccccc2)N=c2s/c(=C\c3cc4c(cc3[N+](=O)[O-])OCO4)c(=O)n2[C@@H]1c1ccccc1. The number of carbonyl (C=O) groups excluding carboxylic acids is 1. The number of nitro groups is 1. The van der Waals surface area contributed by atoms with Crippen molar-refractivity contribution in [2.45, 2.75) is 13.0 Å². The number of nitrogens with zero attached hydrogens (tertiary/aromatic N) is 3. The molecule has 0 bridgehead atoms. The van der Waals surface area contributed by atoms with E-state index in [9.17, 15) is 19.7 Å². The minimum atomic E-state index is -0.833. The van der Waals surface area contributed by atoms with Crippen LogP contribution in [0.25, 0.3) is 11.8 Å². The molecule has 3 aromatic carbocycles. The van der Waals surface area contributed by atoms with Crippen molar-refractivity contribution < 1.29 is 23.9 Å². The fraction of sp³-hybridized carbons (Fsp3) is 0.138. The van der Waals surface area contributed by atoms with Gasteiger partial charge in [-0.05, 0) is 24.6 Å². The lowest BCUT2D eigenvalue weighted by atomic mass is 9.93. The summed E-state index contributed by atoms with van der Waals surface area (Å²) in [5, 5.41) is 11.8. The van der Waals surface area contributed by atoms with Crippen LogP contribution in [0.2, 0.25) is 0 Å². The molecule has 1 atom stereocenters. The Morgan fingerprint density at radius 1 is 1.12 bits per heavy atom. The van der Waals surface area contributed by atoms with Gasteiger partial charge in [0.05, 0.1) is 45.0 Å². The van der Waals surface area contributed by atoms with Crippen LogP contribution >= 0.6 is 11.3 Å². The Balaban J connectivity index is 1.64. The predicted molar refractivity (Wildman–Crippen MR) is 147 cm³/mol. The van der Waals surface area contributed by atoms with E-state index in [0.717, 1.165) is 11.3 Å². The molecule has 0 spiro atoms. The van der Waals surface area contributed by atoms with Crippen molar-refractivity contribution in [1.82, 2.24) is 4.57 Å². The maximum absolute atomic E-state index is 14.0. The van der Waals surface area contributed by atoms with Gasteiger partial charge in [0.15, 0.2) is 16.3 Å². The standard InChI is InChI=1S/C29H21N3O7S/c1-2-37-28(34)24-25(17-9-5-3-6-10-17)30-29-31(26(24)18-11-7-4-8-12-18)27(33)23(40-29)14-19-13-21-22(39-16-38-21)15-20(19)32(35)36/h3-15,26H,2,16H2,1H3/b23-14-/t26-/m1/s1. The third kappa shape index (κ3) is 4.35. The summed E-state index contributed by atoms with van der Waals surface area (Å²) in [5.74, 6) is 0.0309. The Bertz CT molecular complexity index is 1860. The van der Waals surface area contributed by atoms with E-state index in [0.29, 0.717) is 27.4 Å². The molecule has 6 rings (SSSR count). The number of thiazole rings is 1. The fourth-order valence-electron chi connectivity index (χ4n) is 4.75. The number of ether oxygens (including phenoxy) is 3. The predicted octanol–water partition coefficient (Wildman–Crippen LogP) is 3.57. The third-order valence-electron chi connectivity index (χ3n) is 6.49. The molecule has 10 nitrogen and oxygen atoms in total. The summed E-state index contributed by atoms with van der Waals surface area (Å²) < 4.78 is 17.8. The second-order valence-electron chi connectivity index (χ2n) is 8.86. The number of nitro benzene ring substituents is 1. The quantitative estimate of drug-likeness (QED) is 0.203. The van der Waals surface area contributed by atoms with E-state index in [2.05, 4.69) is 0 Å². The second-order valence-corrected chi connectivity index (χ2v) is 9.87. The van der Waals surface area contributed by atoms with E-state index < -0.39 is 22.5 Å². The van der Waals surface area contributed by atoms with Gasteiger partial charge in [0.1, 0.15) is 0 Å². The fourth-order valence-corrected chi connectivity index (χ4v) is 5.74. The molecule has 0 fully saturated rings. The van der Waals surface area contributed by atoms with Crippen molar-refractivity contribution in [1.29, 1.82) is 0 Å². The molecule has 2 aliphatic rings. The molecule has 200 valence electrons. The number of carbonyl (C=O) groups is 1. The topological polar surface area (TPSA) is 122 Å². The first-order chi connectivity index (χ1) is 19.5. The summed E-state index contributed by atoms with van der Waals surface area (Å²) in [6.45, 7) is 1.81. The second kappa shape index (κ2) is 10.3. The lowest BCUT2D eigenvalue weighted by molar-refractivity contribution is -0.385. The number of rotatable bonds is 6. The molecule has 0 unspecified atom stereocenters. The molecule has 11 heteroatoms. The number of fused-ring (bicyclic) bond motifs is 2. The Morgan fingerprint density at radius 2 is 1.80 bits per heavy atom. The van der Waals surface area contributed by atoms with E-state index in [-0.39, 0.29) is 40.5 Å². The number of benzene rings is 3. The highest BCUT2D eigenvalue weighted by molar-refractivity contribution is 7.07. The maximum Gasteiger partial charge on any atom is 0.338 e. The van der Waals surface area contributed by atoms with Crippen molar-refractivity contribution in [2.75, 3.05) is 13.4 Å². The first kappa shape index (κ1) is 25.3. The third-order valence-corrected chi connectivity index (χ3v) is 7.48. The average Bonchev–Trinajstić information content (AvgIpc) is 3.56. The Hall–Kier alpha value is -5.03. The number of hydrogen-bond donors (Lipinski definition) is 0. The Labute approximate surface area is 230 Å².